The average molecular weight is 704 g/mol. The van der Waals surface area contributed by atoms with Crippen LogP contribution in [0.4, 0.5) is 39.3 Å². The van der Waals surface area contributed by atoms with Gasteiger partial charge in [-0.2, -0.15) is 13.2 Å². The summed E-state index contributed by atoms with van der Waals surface area (Å²) in [5, 5.41) is 9.12. The van der Waals surface area contributed by atoms with E-state index in [0.29, 0.717) is 5.56 Å². The highest BCUT2D eigenvalue weighted by molar-refractivity contribution is 6.39. The number of rotatable bonds is 7. The number of nitrogens with zero attached hydrogens (tertiary/aromatic N) is 3. The molecule has 5 rings (SSSR count). The number of nitrogens with one attached hydrogen (secondary N) is 3. The third-order valence-electron chi connectivity index (χ3n) is 8.82. The lowest BCUT2D eigenvalue weighted by Crippen LogP contribution is -2.40. The normalized spacial score (nSPS) is 20.5. The number of amides is 2. The maximum atomic E-state index is 16.5. The summed E-state index contributed by atoms with van der Waals surface area (Å²) in [5.41, 5.74) is 0.189. The van der Waals surface area contributed by atoms with Gasteiger partial charge in [-0.1, -0.05) is 50.0 Å². The fourth-order valence-corrected chi connectivity index (χ4v) is 6.59. The van der Waals surface area contributed by atoms with Crippen LogP contribution in [0.15, 0.2) is 18.2 Å². The first-order valence-corrected chi connectivity index (χ1v) is 16.2. The Morgan fingerprint density at radius 3 is 2.34 bits per heavy atom. The number of alkyl halides is 4. The molecular formula is C32H37Cl2F5N6O2. The molecule has 2 aromatic carbocycles. The summed E-state index contributed by atoms with van der Waals surface area (Å²) in [7, 11) is 1.56. The molecule has 1 unspecified atom stereocenters. The van der Waals surface area contributed by atoms with Crippen LogP contribution in [-0.2, 0) is 18.4 Å². The van der Waals surface area contributed by atoms with Gasteiger partial charge in [0.1, 0.15) is 11.7 Å². The highest BCUT2D eigenvalue weighted by Gasteiger charge is 2.42. The zero-order valence-electron chi connectivity index (χ0n) is 26.4. The van der Waals surface area contributed by atoms with E-state index in [1.165, 1.54) is 15.5 Å². The van der Waals surface area contributed by atoms with Crippen LogP contribution in [0.1, 0.15) is 68.8 Å². The molecule has 1 aliphatic carbocycles. The summed E-state index contributed by atoms with van der Waals surface area (Å²) >= 11 is 13.2. The molecular weight excluding hydrogens is 666 g/mol. The molecule has 2 aliphatic rings. The van der Waals surface area contributed by atoms with Gasteiger partial charge in [0, 0.05) is 38.1 Å². The predicted octanol–water partition coefficient (Wildman–Crippen LogP) is 7.82. The number of carbonyl (C=O) groups excluding carboxylic acids is 2. The third kappa shape index (κ3) is 7.40. The molecule has 1 atom stereocenters. The standard InChI is InChI=1S/C32H37Cl2F5N6O2/c1-31(2,3)29(47)40-14-16-5-10-21(33)25(23(16)34)43-30-42-22-13-20(28(46)41-19-8-6-17(7-9-19)32(37,38)39)26(24(36)27(22)44(30)4)45-12-11-18(35)15-45/h5,10,13,17-19H,6-9,11-12,14-15H2,1-4H3,(H,40,47)(H,41,46)(H,42,43). The van der Waals surface area contributed by atoms with E-state index in [1.54, 1.807) is 40.0 Å². The third-order valence-corrected chi connectivity index (χ3v) is 9.57. The van der Waals surface area contributed by atoms with Crippen LogP contribution in [0, 0.1) is 17.2 Å². The Bertz CT molecular complexity index is 1680. The lowest BCUT2D eigenvalue weighted by molar-refractivity contribution is -0.182. The van der Waals surface area contributed by atoms with E-state index in [-0.39, 0.29) is 102 Å². The van der Waals surface area contributed by atoms with Crippen LogP contribution in [0.2, 0.25) is 10.0 Å². The summed E-state index contributed by atoms with van der Waals surface area (Å²) in [6.07, 6.45) is -5.33. The molecule has 2 heterocycles. The Kier molecular flexibility index (Phi) is 9.90. The highest BCUT2D eigenvalue weighted by Crippen LogP contribution is 2.40. The summed E-state index contributed by atoms with van der Waals surface area (Å²) < 4.78 is 71.7. The second-order valence-corrected chi connectivity index (χ2v) is 14.1. The number of hydrogen-bond donors (Lipinski definition) is 3. The van der Waals surface area contributed by atoms with Crippen molar-refractivity contribution in [3.05, 3.63) is 45.2 Å². The van der Waals surface area contributed by atoms with Crippen molar-refractivity contribution >= 4 is 63.4 Å². The van der Waals surface area contributed by atoms with Crippen LogP contribution >= 0.6 is 23.2 Å². The van der Waals surface area contributed by atoms with Crippen molar-refractivity contribution in [3.8, 4) is 0 Å². The Balaban J connectivity index is 1.47. The minimum atomic E-state index is -4.29. The van der Waals surface area contributed by atoms with Crippen molar-refractivity contribution in [2.45, 2.75) is 77.8 Å². The second kappa shape index (κ2) is 13.3. The maximum absolute atomic E-state index is 16.5. The van der Waals surface area contributed by atoms with E-state index < -0.39 is 41.4 Å². The molecule has 1 saturated carbocycles. The Morgan fingerprint density at radius 2 is 1.74 bits per heavy atom. The molecule has 0 spiro atoms. The minimum absolute atomic E-state index is 0.0351. The maximum Gasteiger partial charge on any atom is 0.391 e. The molecule has 3 N–H and O–H groups in total. The summed E-state index contributed by atoms with van der Waals surface area (Å²) in [6.45, 7) is 5.54. The van der Waals surface area contributed by atoms with Crippen LogP contribution in [0.3, 0.4) is 0 Å². The van der Waals surface area contributed by atoms with E-state index in [2.05, 4.69) is 20.9 Å². The fraction of sp³-hybridized carbons (Fsp3) is 0.531. The van der Waals surface area contributed by atoms with Crippen LogP contribution in [0.5, 0.6) is 0 Å². The number of anilines is 3. The molecule has 8 nitrogen and oxygen atoms in total. The Morgan fingerprint density at radius 1 is 1.06 bits per heavy atom. The van der Waals surface area contributed by atoms with Gasteiger partial charge in [-0.15, -0.1) is 0 Å². The quantitative estimate of drug-likeness (QED) is 0.219. The van der Waals surface area contributed by atoms with Gasteiger partial charge in [-0.3, -0.25) is 9.59 Å². The lowest BCUT2D eigenvalue weighted by atomic mass is 9.85. The molecule has 1 saturated heterocycles. The second-order valence-electron chi connectivity index (χ2n) is 13.3. The molecule has 256 valence electrons. The Hall–Kier alpha value is -3.32. The summed E-state index contributed by atoms with van der Waals surface area (Å²) in [5.74, 6) is -2.92. The highest BCUT2D eigenvalue weighted by atomic mass is 35.5. The Labute approximate surface area is 279 Å². The first-order valence-electron chi connectivity index (χ1n) is 15.4. The summed E-state index contributed by atoms with van der Waals surface area (Å²) in [4.78, 5) is 32.0. The molecule has 1 aromatic heterocycles. The first-order chi connectivity index (χ1) is 22.0. The van der Waals surface area contributed by atoms with E-state index in [1.807, 2.05) is 0 Å². The number of halogens is 7. The van der Waals surface area contributed by atoms with Gasteiger partial charge in [0.25, 0.3) is 5.91 Å². The molecule has 1 aliphatic heterocycles. The minimum Gasteiger partial charge on any atom is -0.365 e. The van der Waals surface area contributed by atoms with Gasteiger partial charge in [0.05, 0.1) is 38.4 Å². The number of carbonyl (C=O) groups is 2. The average Bonchev–Trinajstić information content (AvgIpc) is 3.55. The SMILES string of the molecule is Cn1c(Nc2c(Cl)ccc(CNC(=O)C(C)(C)C)c2Cl)nc2cc(C(=O)NC3CCC(C(F)(F)F)CC3)c(N3CCC(F)C3)c(F)c21. The molecule has 47 heavy (non-hydrogen) atoms. The van der Waals surface area contributed by atoms with Crippen LogP contribution in [0.25, 0.3) is 11.0 Å². The van der Waals surface area contributed by atoms with E-state index in [9.17, 15) is 27.2 Å². The van der Waals surface area contributed by atoms with Gasteiger partial charge in [0.2, 0.25) is 11.9 Å². The first kappa shape index (κ1) is 35.0. The number of fused-ring (bicyclic) bond motifs is 1. The zero-order valence-corrected chi connectivity index (χ0v) is 27.9. The number of imidazole rings is 1. The van der Waals surface area contributed by atoms with E-state index in [4.69, 9.17) is 23.2 Å². The van der Waals surface area contributed by atoms with Crippen molar-refractivity contribution in [1.82, 2.24) is 20.2 Å². The number of aryl methyl sites for hydroxylation is 1. The van der Waals surface area contributed by atoms with Crippen LogP contribution < -0.4 is 20.9 Å². The predicted molar refractivity (Wildman–Crippen MR) is 173 cm³/mol. The van der Waals surface area contributed by atoms with Crippen LogP contribution in [-0.4, -0.2) is 52.8 Å². The molecule has 2 fully saturated rings. The van der Waals surface area contributed by atoms with E-state index >= 15 is 4.39 Å². The van der Waals surface area contributed by atoms with Crippen molar-refractivity contribution in [2.24, 2.45) is 18.4 Å². The number of benzene rings is 2. The molecule has 0 radical (unpaired) electrons. The van der Waals surface area contributed by atoms with Gasteiger partial charge in [-0.05, 0) is 49.8 Å². The molecule has 15 heteroatoms. The number of aromatic nitrogens is 2. The van der Waals surface area contributed by atoms with Gasteiger partial charge in [0.15, 0.2) is 5.82 Å². The van der Waals surface area contributed by atoms with Gasteiger partial charge < -0.3 is 25.4 Å². The topological polar surface area (TPSA) is 91.3 Å². The summed E-state index contributed by atoms with van der Waals surface area (Å²) in [6, 6.07) is 4.16. The van der Waals surface area contributed by atoms with Crippen molar-refractivity contribution < 1.29 is 31.5 Å². The molecule has 2 amide bonds. The largest absolute Gasteiger partial charge is 0.391 e. The van der Waals surface area contributed by atoms with Gasteiger partial charge >= 0.3 is 6.18 Å². The smallest absolute Gasteiger partial charge is 0.365 e. The van der Waals surface area contributed by atoms with Gasteiger partial charge in [-0.25, -0.2) is 13.8 Å². The molecule has 3 aromatic rings. The van der Waals surface area contributed by atoms with E-state index in [0.717, 1.165) is 0 Å². The zero-order chi connectivity index (χ0) is 34.4. The monoisotopic (exact) mass is 702 g/mol. The lowest BCUT2D eigenvalue weighted by Gasteiger charge is -2.30. The fourth-order valence-electron chi connectivity index (χ4n) is 6.06. The van der Waals surface area contributed by atoms with Crippen molar-refractivity contribution in [2.75, 3.05) is 23.3 Å². The number of hydrogen-bond acceptors (Lipinski definition) is 5. The van der Waals surface area contributed by atoms with Crippen molar-refractivity contribution in [1.29, 1.82) is 0 Å². The van der Waals surface area contributed by atoms with Crippen molar-refractivity contribution in [3.63, 3.8) is 0 Å². The molecule has 0 bridgehead atoms.